The summed E-state index contributed by atoms with van der Waals surface area (Å²) in [6.07, 6.45) is 8.91. The molecule has 1 fully saturated rings. The van der Waals surface area contributed by atoms with Crippen LogP contribution < -0.4 is 5.32 Å². The number of hydrogen-bond acceptors (Lipinski definition) is 6. The number of amides is 1. The molecule has 1 N–H and O–H groups in total. The lowest BCUT2D eigenvalue weighted by molar-refractivity contribution is 0.0733. The molecule has 0 spiro atoms. The first-order valence-electron chi connectivity index (χ1n) is 11.1. The number of likely N-dealkylation sites (tertiary alicyclic amines) is 1. The number of hydrogen-bond donors (Lipinski definition) is 1. The minimum absolute atomic E-state index is 0.0225. The van der Waals surface area contributed by atoms with Gasteiger partial charge in [0.2, 0.25) is 0 Å². The third-order valence-electron chi connectivity index (χ3n) is 5.78. The van der Waals surface area contributed by atoms with Crippen LogP contribution in [0.15, 0.2) is 85.5 Å². The second-order valence-corrected chi connectivity index (χ2v) is 7.97. The summed E-state index contributed by atoms with van der Waals surface area (Å²) in [6, 6.07) is 19.1. The molecule has 3 aromatic heterocycles. The van der Waals surface area contributed by atoms with Gasteiger partial charge in [-0.25, -0.2) is 9.97 Å². The van der Waals surface area contributed by atoms with Gasteiger partial charge < -0.3 is 10.2 Å². The summed E-state index contributed by atoms with van der Waals surface area (Å²) in [7, 11) is 0. The second kappa shape index (κ2) is 9.56. The molecular formula is C26H24N6O. The van der Waals surface area contributed by atoms with Crippen molar-refractivity contribution < 1.29 is 4.79 Å². The highest BCUT2D eigenvalue weighted by molar-refractivity contribution is 5.95. The third kappa shape index (κ3) is 4.72. The fourth-order valence-corrected chi connectivity index (χ4v) is 4.10. The minimum atomic E-state index is -0.0636. The number of pyridine rings is 2. The Hall–Kier alpha value is -4.13. The third-order valence-corrected chi connectivity index (χ3v) is 5.78. The van der Waals surface area contributed by atoms with Crippen molar-refractivity contribution in [2.75, 3.05) is 11.9 Å². The van der Waals surface area contributed by atoms with Crippen LogP contribution in [0.25, 0.3) is 11.5 Å². The second-order valence-electron chi connectivity index (χ2n) is 7.97. The fourth-order valence-electron chi connectivity index (χ4n) is 4.10. The van der Waals surface area contributed by atoms with E-state index in [2.05, 4.69) is 20.3 Å². The number of benzene rings is 1. The van der Waals surface area contributed by atoms with Crippen molar-refractivity contribution >= 4 is 11.6 Å². The number of carbonyl (C=O) groups is 1. The molecule has 1 aliphatic heterocycles. The van der Waals surface area contributed by atoms with E-state index in [0.29, 0.717) is 24.5 Å². The van der Waals surface area contributed by atoms with Gasteiger partial charge in [-0.2, -0.15) is 0 Å². The van der Waals surface area contributed by atoms with Crippen LogP contribution in [0.2, 0.25) is 0 Å². The van der Waals surface area contributed by atoms with E-state index in [1.165, 1.54) is 0 Å². The van der Waals surface area contributed by atoms with Crippen molar-refractivity contribution in [1.82, 2.24) is 24.8 Å². The van der Waals surface area contributed by atoms with E-state index in [4.69, 9.17) is 4.98 Å². The Labute approximate surface area is 192 Å². The normalized spacial score (nSPS) is 15.4. The zero-order valence-corrected chi connectivity index (χ0v) is 18.1. The van der Waals surface area contributed by atoms with Crippen LogP contribution in [0, 0.1) is 0 Å². The van der Waals surface area contributed by atoms with Gasteiger partial charge in [0.25, 0.3) is 5.91 Å². The Kier molecular flexibility index (Phi) is 6.01. The molecule has 1 aliphatic rings. The molecule has 7 nitrogen and oxygen atoms in total. The predicted octanol–water partition coefficient (Wildman–Crippen LogP) is 4.52. The maximum Gasteiger partial charge on any atom is 0.254 e. The van der Waals surface area contributed by atoms with Gasteiger partial charge in [0.1, 0.15) is 5.69 Å². The molecular weight excluding hydrogens is 412 g/mol. The number of nitrogens with zero attached hydrogens (tertiary/aromatic N) is 5. The van der Waals surface area contributed by atoms with Crippen molar-refractivity contribution in [3.05, 3.63) is 102 Å². The molecule has 33 heavy (non-hydrogen) atoms. The summed E-state index contributed by atoms with van der Waals surface area (Å²) < 4.78 is 0. The van der Waals surface area contributed by atoms with E-state index in [1.54, 1.807) is 18.6 Å². The maximum absolute atomic E-state index is 13.3. The quantitative estimate of drug-likeness (QED) is 0.478. The Balaban J connectivity index is 1.29. The SMILES string of the molecule is O=C(c1ccc(NCc2cccnc2)cc1)N1CCC[C@H]1c1ccnc(-c2ccccn2)n1. The van der Waals surface area contributed by atoms with Crippen molar-refractivity contribution in [1.29, 1.82) is 0 Å². The number of aromatic nitrogens is 4. The Morgan fingerprint density at radius 2 is 1.88 bits per heavy atom. The van der Waals surface area contributed by atoms with Crippen LogP contribution >= 0.6 is 0 Å². The van der Waals surface area contributed by atoms with Gasteiger partial charge in [-0.3, -0.25) is 14.8 Å². The van der Waals surface area contributed by atoms with Gasteiger partial charge in [0.05, 0.1) is 11.7 Å². The molecule has 164 valence electrons. The lowest BCUT2D eigenvalue weighted by Gasteiger charge is -2.24. The average molecular weight is 437 g/mol. The lowest BCUT2D eigenvalue weighted by atomic mass is 10.1. The van der Waals surface area contributed by atoms with Crippen LogP contribution in [0.1, 0.15) is 40.5 Å². The summed E-state index contributed by atoms with van der Waals surface area (Å²) in [4.78, 5) is 32.8. The van der Waals surface area contributed by atoms with Crippen molar-refractivity contribution in [3.8, 4) is 11.5 Å². The topological polar surface area (TPSA) is 83.9 Å². The van der Waals surface area contributed by atoms with E-state index in [-0.39, 0.29) is 11.9 Å². The summed E-state index contributed by atoms with van der Waals surface area (Å²) in [5, 5.41) is 3.37. The summed E-state index contributed by atoms with van der Waals surface area (Å²) >= 11 is 0. The molecule has 0 bridgehead atoms. The highest BCUT2D eigenvalue weighted by Crippen LogP contribution is 2.32. The average Bonchev–Trinajstić information content (AvgIpc) is 3.39. The van der Waals surface area contributed by atoms with E-state index in [1.807, 2.05) is 71.8 Å². The Bertz CT molecular complexity index is 1210. The molecule has 0 aliphatic carbocycles. The van der Waals surface area contributed by atoms with Crippen LogP contribution in [0.4, 0.5) is 5.69 Å². The van der Waals surface area contributed by atoms with E-state index in [9.17, 15) is 4.79 Å². The number of rotatable bonds is 6. The van der Waals surface area contributed by atoms with Gasteiger partial charge >= 0.3 is 0 Å². The molecule has 5 rings (SSSR count). The predicted molar refractivity (Wildman–Crippen MR) is 126 cm³/mol. The van der Waals surface area contributed by atoms with Crippen LogP contribution in [-0.4, -0.2) is 37.3 Å². The van der Waals surface area contributed by atoms with E-state index < -0.39 is 0 Å². The van der Waals surface area contributed by atoms with Crippen molar-refractivity contribution in [2.45, 2.75) is 25.4 Å². The molecule has 1 saturated heterocycles. The molecule has 4 aromatic rings. The fraction of sp³-hybridized carbons (Fsp3) is 0.192. The van der Waals surface area contributed by atoms with E-state index >= 15 is 0 Å². The zero-order valence-electron chi connectivity index (χ0n) is 18.1. The molecule has 1 amide bonds. The van der Waals surface area contributed by atoms with Gasteiger partial charge in [0.15, 0.2) is 5.82 Å². The van der Waals surface area contributed by atoms with Gasteiger partial charge in [-0.15, -0.1) is 0 Å². The lowest BCUT2D eigenvalue weighted by Crippen LogP contribution is -2.31. The zero-order chi connectivity index (χ0) is 22.5. The maximum atomic E-state index is 13.3. The molecule has 1 aromatic carbocycles. The smallest absolute Gasteiger partial charge is 0.254 e. The van der Waals surface area contributed by atoms with Crippen LogP contribution in [0.5, 0.6) is 0 Å². The first-order valence-corrected chi connectivity index (χ1v) is 11.1. The number of anilines is 1. The first kappa shape index (κ1) is 20.8. The van der Waals surface area contributed by atoms with Crippen molar-refractivity contribution in [3.63, 3.8) is 0 Å². The van der Waals surface area contributed by atoms with Gasteiger partial charge in [-0.1, -0.05) is 12.1 Å². The standard InChI is InChI=1S/C26H24N6O/c33-26(20-8-10-21(11-9-20)30-18-19-5-3-13-27-17-19)32-16-4-7-24(32)22-12-15-29-25(31-22)23-6-1-2-14-28-23/h1-3,5-6,8-15,17,24,30H,4,7,16,18H2/t24-/m0/s1. The Morgan fingerprint density at radius 3 is 2.67 bits per heavy atom. The van der Waals surface area contributed by atoms with Crippen molar-refractivity contribution in [2.24, 2.45) is 0 Å². The number of carbonyl (C=O) groups excluding carboxylic acids is 1. The van der Waals surface area contributed by atoms with Gasteiger partial charge in [-0.05, 0) is 66.9 Å². The minimum Gasteiger partial charge on any atom is -0.381 e. The highest BCUT2D eigenvalue weighted by Gasteiger charge is 2.31. The monoisotopic (exact) mass is 436 g/mol. The van der Waals surface area contributed by atoms with Crippen LogP contribution in [-0.2, 0) is 6.54 Å². The molecule has 1 atom stereocenters. The first-order chi connectivity index (χ1) is 16.3. The summed E-state index contributed by atoms with van der Waals surface area (Å²) in [5.41, 5.74) is 4.32. The molecule has 4 heterocycles. The number of nitrogens with one attached hydrogen (secondary N) is 1. The molecule has 0 radical (unpaired) electrons. The summed E-state index contributed by atoms with van der Waals surface area (Å²) in [6.45, 7) is 1.40. The Morgan fingerprint density at radius 1 is 0.970 bits per heavy atom. The molecule has 7 heteroatoms. The van der Waals surface area contributed by atoms with E-state index in [0.717, 1.165) is 35.5 Å². The van der Waals surface area contributed by atoms with Crippen LogP contribution in [0.3, 0.4) is 0 Å². The highest BCUT2D eigenvalue weighted by atomic mass is 16.2. The largest absolute Gasteiger partial charge is 0.381 e. The summed E-state index contributed by atoms with van der Waals surface area (Å²) in [5.74, 6) is 0.603. The van der Waals surface area contributed by atoms with Gasteiger partial charge in [0, 0.05) is 49.1 Å². The molecule has 0 saturated carbocycles. The molecule has 0 unspecified atom stereocenters.